The van der Waals surface area contributed by atoms with Gasteiger partial charge in [0.2, 0.25) is 0 Å². The number of aromatic hydroxyl groups is 1. The van der Waals surface area contributed by atoms with E-state index in [0.29, 0.717) is 11.4 Å². The Hall–Kier alpha value is -2.76. The molecule has 6 heteroatoms. The fourth-order valence-corrected chi connectivity index (χ4v) is 1.47. The van der Waals surface area contributed by atoms with Crippen LogP contribution in [0.5, 0.6) is 5.75 Å². The minimum atomic E-state index is -0.479. The van der Waals surface area contributed by atoms with Gasteiger partial charge in [0.15, 0.2) is 0 Å². The van der Waals surface area contributed by atoms with Gasteiger partial charge in [0.05, 0.1) is 10.6 Å². The molecule has 0 aliphatic carbocycles. The first-order valence-corrected chi connectivity index (χ1v) is 5.52. The Balaban J connectivity index is 2.22. The van der Waals surface area contributed by atoms with Crippen molar-refractivity contribution in [3.8, 4) is 5.75 Å². The molecule has 0 atom stereocenters. The van der Waals surface area contributed by atoms with Crippen molar-refractivity contribution >= 4 is 17.1 Å². The lowest BCUT2D eigenvalue weighted by atomic mass is 10.2. The van der Waals surface area contributed by atoms with E-state index in [1.165, 1.54) is 24.3 Å². The molecule has 0 aliphatic heterocycles. The summed E-state index contributed by atoms with van der Waals surface area (Å²) in [4.78, 5) is 10.0. The van der Waals surface area contributed by atoms with Crippen LogP contribution in [-0.2, 0) is 0 Å². The number of nitrogens with zero attached hydrogens (tertiary/aromatic N) is 3. The van der Waals surface area contributed by atoms with Crippen molar-refractivity contribution in [2.75, 3.05) is 0 Å². The Labute approximate surface area is 109 Å². The summed E-state index contributed by atoms with van der Waals surface area (Å²) in [5.74, 6) is 0.0382. The van der Waals surface area contributed by atoms with E-state index in [1.807, 2.05) is 6.92 Å². The highest BCUT2D eigenvalue weighted by atomic mass is 16.6. The second-order valence-electron chi connectivity index (χ2n) is 3.97. The van der Waals surface area contributed by atoms with Crippen LogP contribution < -0.4 is 0 Å². The fraction of sp³-hybridized carbons (Fsp3) is 0.0769. The molecule has 0 heterocycles. The number of hydrogen-bond acceptors (Lipinski definition) is 5. The molecule has 0 unspecified atom stereocenters. The summed E-state index contributed by atoms with van der Waals surface area (Å²) in [6, 6.07) is 10.7. The summed E-state index contributed by atoms with van der Waals surface area (Å²) >= 11 is 0. The molecule has 2 aromatic rings. The standard InChI is InChI=1S/C13H11N3O3/c1-9-2-7-13(17)12(8-9)15-14-10-3-5-11(6-4-10)16(18)19/h2-8,17H,1H3. The van der Waals surface area contributed by atoms with Gasteiger partial charge in [-0.25, -0.2) is 0 Å². The summed E-state index contributed by atoms with van der Waals surface area (Å²) in [6.07, 6.45) is 0. The van der Waals surface area contributed by atoms with Crippen molar-refractivity contribution in [3.05, 3.63) is 58.1 Å². The molecule has 0 fully saturated rings. The molecule has 0 spiro atoms. The number of benzene rings is 2. The van der Waals surface area contributed by atoms with Crippen molar-refractivity contribution in [2.45, 2.75) is 6.92 Å². The van der Waals surface area contributed by atoms with Crippen LogP contribution in [0.3, 0.4) is 0 Å². The Morgan fingerprint density at radius 2 is 1.79 bits per heavy atom. The highest BCUT2D eigenvalue weighted by molar-refractivity contribution is 5.53. The van der Waals surface area contributed by atoms with Gasteiger partial charge in [-0.3, -0.25) is 10.1 Å². The number of non-ortho nitro benzene ring substituents is 1. The zero-order valence-electron chi connectivity index (χ0n) is 10.1. The predicted octanol–water partition coefficient (Wildman–Crippen LogP) is 4.02. The zero-order valence-corrected chi connectivity index (χ0v) is 10.1. The Morgan fingerprint density at radius 1 is 1.11 bits per heavy atom. The number of rotatable bonds is 3. The lowest BCUT2D eigenvalue weighted by Crippen LogP contribution is -1.85. The average Bonchev–Trinajstić information content (AvgIpc) is 2.40. The molecular formula is C13H11N3O3. The van der Waals surface area contributed by atoms with Gasteiger partial charge in [-0.05, 0) is 36.8 Å². The lowest BCUT2D eigenvalue weighted by molar-refractivity contribution is -0.384. The largest absolute Gasteiger partial charge is 0.506 e. The summed E-state index contributed by atoms with van der Waals surface area (Å²) in [5.41, 5.74) is 1.79. The topological polar surface area (TPSA) is 88.1 Å². The molecule has 0 saturated carbocycles. The van der Waals surface area contributed by atoms with E-state index in [1.54, 1.807) is 18.2 Å². The van der Waals surface area contributed by atoms with Crippen LogP contribution in [0.2, 0.25) is 0 Å². The third kappa shape index (κ3) is 3.12. The van der Waals surface area contributed by atoms with E-state index >= 15 is 0 Å². The molecule has 0 amide bonds. The van der Waals surface area contributed by atoms with Crippen LogP contribution in [0.15, 0.2) is 52.7 Å². The Morgan fingerprint density at radius 3 is 2.42 bits per heavy atom. The van der Waals surface area contributed by atoms with Gasteiger partial charge in [0, 0.05) is 12.1 Å². The minimum absolute atomic E-state index is 0.00245. The summed E-state index contributed by atoms with van der Waals surface area (Å²) in [6.45, 7) is 1.88. The van der Waals surface area contributed by atoms with Gasteiger partial charge in [-0.15, -0.1) is 5.11 Å². The quantitative estimate of drug-likeness (QED) is 0.511. The van der Waals surface area contributed by atoms with Gasteiger partial charge < -0.3 is 5.11 Å². The second-order valence-corrected chi connectivity index (χ2v) is 3.97. The molecule has 2 aromatic carbocycles. The summed E-state index contributed by atoms with van der Waals surface area (Å²) in [5, 5.41) is 27.9. The van der Waals surface area contributed by atoms with E-state index in [0.717, 1.165) is 5.56 Å². The van der Waals surface area contributed by atoms with E-state index in [-0.39, 0.29) is 11.4 Å². The first kappa shape index (κ1) is 12.7. The van der Waals surface area contributed by atoms with Gasteiger partial charge in [0.25, 0.3) is 5.69 Å². The van der Waals surface area contributed by atoms with Crippen LogP contribution in [-0.4, -0.2) is 10.0 Å². The molecule has 0 saturated heterocycles. The van der Waals surface area contributed by atoms with Crippen LogP contribution >= 0.6 is 0 Å². The van der Waals surface area contributed by atoms with Gasteiger partial charge in [-0.2, -0.15) is 5.11 Å². The number of aryl methyl sites for hydroxylation is 1. The highest BCUT2D eigenvalue weighted by Crippen LogP contribution is 2.29. The van der Waals surface area contributed by atoms with Gasteiger partial charge in [0.1, 0.15) is 11.4 Å². The van der Waals surface area contributed by atoms with Crippen molar-refractivity contribution < 1.29 is 10.0 Å². The average molecular weight is 257 g/mol. The number of phenols is 1. The first-order valence-electron chi connectivity index (χ1n) is 5.52. The van der Waals surface area contributed by atoms with Gasteiger partial charge >= 0.3 is 0 Å². The van der Waals surface area contributed by atoms with Crippen LogP contribution in [0, 0.1) is 17.0 Å². The number of nitro benzene ring substituents is 1. The summed E-state index contributed by atoms with van der Waals surface area (Å²) < 4.78 is 0. The number of hydrogen-bond donors (Lipinski definition) is 1. The molecule has 19 heavy (non-hydrogen) atoms. The number of phenolic OH excluding ortho intramolecular Hbond substituents is 1. The molecule has 6 nitrogen and oxygen atoms in total. The van der Waals surface area contributed by atoms with E-state index in [2.05, 4.69) is 10.2 Å². The van der Waals surface area contributed by atoms with E-state index in [4.69, 9.17) is 0 Å². The molecule has 0 bridgehead atoms. The zero-order chi connectivity index (χ0) is 13.8. The van der Waals surface area contributed by atoms with Crippen molar-refractivity contribution in [2.24, 2.45) is 10.2 Å². The minimum Gasteiger partial charge on any atom is -0.506 e. The molecule has 96 valence electrons. The number of nitro groups is 1. The monoisotopic (exact) mass is 257 g/mol. The molecule has 1 N–H and O–H groups in total. The lowest BCUT2D eigenvalue weighted by Gasteiger charge is -1.99. The normalized spacial score (nSPS) is 10.8. The maximum absolute atomic E-state index is 10.5. The maximum atomic E-state index is 10.5. The molecule has 0 aromatic heterocycles. The maximum Gasteiger partial charge on any atom is 0.269 e. The smallest absolute Gasteiger partial charge is 0.269 e. The Kier molecular flexibility index (Phi) is 3.51. The molecule has 0 aliphatic rings. The van der Waals surface area contributed by atoms with Crippen LogP contribution in [0.25, 0.3) is 0 Å². The van der Waals surface area contributed by atoms with E-state index < -0.39 is 4.92 Å². The third-order valence-corrected chi connectivity index (χ3v) is 2.46. The van der Waals surface area contributed by atoms with Gasteiger partial charge in [-0.1, -0.05) is 6.07 Å². The predicted molar refractivity (Wildman–Crippen MR) is 70.1 cm³/mol. The molecule has 0 radical (unpaired) electrons. The highest BCUT2D eigenvalue weighted by Gasteiger charge is 2.03. The van der Waals surface area contributed by atoms with Crippen molar-refractivity contribution in [3.63, 3.8) is 0 Å². The molecule has 2 rings (SSSR count). The fourth-order valence-electron chi connectivity index (χ4n) is 1.47. The molecular weight excluding hydrogens is 246 g/mol. The van der Waals surface area contributed by atoms with Crippen molar-refractivity contribution in [1.82, 2.24) is 0 Å². The first-order chi connectivity index (χ1) is 9.06. The third-order valence-electron chi connectivity index (χ3n) is 2.46. The van der Waals surface area contributed by atoms with E-state index in [9.17, 15) is 15.2 Å². The van der Waals surface area contributed by atoms with Crippen LogP contribution in [0.1, 0.15) is 5.56 Å². The van der Waals surface area contributed by atoms with Crippen molar-refractivity contribution in [1.29, 1.82) is 0 Å². The van der Waals surface area contributed by atoms with Crippen LogP contribution in [0.4, 0.5) is 17.1 Å². The second kappa shape index (κ2) is 5.26. The number of azo groups is 1. The summed E-state index contributed by atoms with van der Waals surface area (Å²) in [7, 11) is 0. The Bertz CT molecular complexity index is 636. The SMILES string of the molecule is Cc1ccc(O)c(N=Nc2ccc([N+](=O)[O-])cc2)c1.